The van der Waals surface area contributed by atoms with Crippen LogP contribution in [0.3, 0.4) is 0 Å². The standard InChI is InChI=1S/C26H29ClN4O5S/c1-31(2)15-14-28-26(34)29-22-5-3-4-20(17-22)19-8-6-18(7-9-19)16-24(25(32)33)30-37(35,36)23-12-10-21(27)11-13-23/h3-13,17,24,30H,14-16H2,1-2H3,(H,32,33)(H2,28,29,34)/t24-/m1/s1. The van der Waals surface area contributed by atoms with Crippen molar-refractivity contribution in [2.24, 2.45) is 0 Å². The number of carboxylic acid groups (broad SMARTS) is 1. The zero-order valence-electron chi connectivity index (χ0n) is 20.4. The van der Waals surface area contributed by atoms with Crippen LogP contribution in [0.5, 0.6) is 0 Å². The van der Waals surface area contributed by atoms with E-state index in [-0.39, 0.29) is 17.3 Å². The maximum atomic E-state index is 12.6. The van der Waals surface area contributed by atoms with E-state index in [4.69, 9.17) is 11.6 Å². The predicted molar refractivity (Wildman–Crippen MR) is 144 cm³/mol. The van der Waals surface area contributed by atoms with Crippen LogP contribution in [0, 0.1) is 0 Å². The van der Waals surface area contributed by atoms with Crippen molar-refractivity contribution in [3.8, 4) is 11.1 Å². The third-order valence-electron chi connectivity index (χ3n) is 5.41. The number of amides is 2. The van der Waals surface area contributed by atoms with E-state index in [1.54, 1.807) is 18.2 Å². The Balaban J connectivity index is 1.66. The van der Waals surface area contributed by atoms with E-state index in [2.05, 4.69) is 15.4 Å². The molecule has 0 unspecified atom stereocenters. The van der Waals surface area contributed by atoms with Gasteiger partial charge in [-0.05, 0) is 73.6 Å². The van der Waals surface area contributed by atoms with Gasteiger partial charge in [0.15, 0.2) is 0 Å². The van der Waals surface area contributed by atoms with Gasteiger partial charge in [-0.25, -0.2) is 13.2 Å². The second-order valence-corrected chi connectivity index (χ2v) is 10.8. The van der Waals surface area contributed by atoms with Gasteiger partial charge in [0.25, 0.3) is 0 Å². The SMILES string of the molecule is CN(C)CCNC(=O)Nc1cccc(-c2ccc(C[C@@H](NS(=O)(=O)c3ccc(Cl)cc3)C(=O)O)cc2)c1. The van der Waals surface area contributed by atoms with Crippen LogP contribution < -0.4 is 15.4 Å². The number of carboxylic acids is 1. The maximum Gasteiger partial charge on any atom is 0.322 e. The number of urea groups is 1. The highest BCUT2D eigenvalue weighted by Crippen LogP contribution is 2.24. The molecule has 11 heteroatoms. The van der Waals surface area contributed by atoms with Crippen molar-refractivity contribution >= 4 is 39.3 Å². The molecule has 0 aliphatic carbocycles. The van der Waals surface area contributed by atoms with Crippen LogP contribution in [0.15, 0.2) is 77.7 Å². The number of hydrogen-bond acceptors (Lipinski definition) is 5. The first-order valence-corrected chi connectivity index (χ1v) is 13.3. The number of nitrogens with zero attached hydrogens (tertiary/aromatic N) is 1. The lowest BCUT2D eigenvalue weighted by molar-refractivity contribution is -0.138. The first-order valence-electron chi connectivity index (χ1n) is 11.4. The Morgan fingerprint density at radius 3 is 2.27 bits per heavy atom. The first-order chi connectivity index (χ1) is 17.5. The number of benzene rings is 3. The summed E-state index contributed by atoms with van der Waals surface area (Å²) < 4.78 is 27.5. The molecule has 0 aliphatic rings. The van der Waals surface area contributed by atoms with Crippen LogP contribution in [-0.4, -0.2) is 63.7 Å². The normalized spacial score (nSPS) is 12.2. The van der Waals surface area contributed by atoms with E-state index in [1.807, 2.05) is 49.3 Å². The molecule has 0 aromatic heterocycles. The van der Waals surface area contributed by atoms with Gasteiger partial charge in [-0.15, -0.1) is 0 Å². The summed E-state index contributed by atoms with van der Waals surface area (Å²) in [6, 6.07) is 18.3. The number of halogens is 1. The van der Waals surface area contributed by atoms with Crippen LogP contribution in [0.25, 0.3) is 11.1 Å². The fourth-order valence-corrected chi connectivity index (χ4v) is 4.78. The van der Waals surface area contributed by atoms with E-state index < -0.39 is 22.0 Å². The summed E-state index contributed by atoms with van der Waals surface area (Å²) in [6.45, 7) is 1.25. The highest BCUT2D eigenvalue weighted by atomic mass is 35.5. The molecule has 0 fully saturated rings. The largest absolute Gasteiger partial charge is 0.480 e. The second-order valence-electron chi connectivity index (χ2n) is 8.63. The minimum Gasteiger partial charge on any atom is -0.480 e. The molecule has 0 heterocycles. The van der Waals surface area contributed by atoms with Gasteiger partial charge in [0.1, 0.15) is 6.04 Å². The van der Waals surface area contributed by atoms with Gasteiger partial charge in [0, 0.05) is 23.8 Å². The second kappa shape index (κ2) is 12.7. The van der Waals surface area contributed by atoms with Crippen molar-refractivity contribution in [1.82, 2.24) is 14.9 Å². The van der Waals surface area contributed by atoms with Gasteiger partial charge in [0.05, 0.1) is 4.90 Å². The van der Waals surface area contributed by atoms with E-state index in [1.165, 1.54) is 24.3 Å². The van der Waals surface area contributed by atoms with Gasteiger partial charge >= 0.3 is 12.0 Å². The Kier molecular flexibility index (Phi) is 9.65. The molecule has 0 spiro atoms. The van der Waals surface area contributed by atoms with Gasteiger partial charge < -0.3 is 20.6 Å². The molecule has 0 aliphatic heterocycles. The van der Waals surface area contributed by atoms with Crippen molar-refractivity contribution in [3.63, 3.8) is 0 Å². The fourth-order valence-electron chi connectivity index (χ4n) is 3.46. The number of nitrogens with one attached hydrogen (secondary N) is 3. The van der Waals surface area contributed by atoms with Gasteiger partial charge in [-0.2, -0.15) is 4.72 Å². The van der Waals surface area contributed by atoms with Gasteiger partial charge in [0.2, 0.25) is 10.0 Å². The molecule has 4 N–H and O–H groups in total. The lowest BCUT2D eigenvalue weighted by atomic mass is 10.0. The highest BCUT2D eigenvalue weighted by molar-refractivity contribution is 7.89. The van der Waals surface area contributed by atoms with Crippen molar-refractivity contribution in [2.75, 3.05) is 32.5 Å². The number of hydrogen-bond donors (Lipinski definition) is 4. The highest BCUT2D eigenvalue weighted by Gasteiger charge is 2.25. The molecule has 0 radical (unpaired) electrons. The molecule has 3 aromatic rings. The molecular weight excluding hydrogens is 516 g/mol. The van der Waals surface area contributed by atoms with E-state index in [0.29, 0.717) is 22.8 Å². The van der Waals surface area contributed by atoms with Crippen molar-refractivity contribution < 1.29 is 23.1 Å². The lowest BCUT2D eigenvalue weighted by Gasteiger charge is -2.15. The van der Waals surface area contributed by atoms with Crippen LogP contribution >= 0.6 is 11.6 Å². The predicted octanol–water partition coefficient (Wildman–Crippen LogP) is 3.66. The van der Waals surface area contributed by atoms with Crippen molar-refractivity contribution in [3.05, 3.63) is 83.4 Å². The topological polar surface area (TPSA) is 128 Å². The minimum atomic E-state index is -4.05. The molecule has 1 atom stereocenters. The number of sulfonamides is 1. The Hall–Kier alpha value is -3.44. The molecule has 37 heavy (non-hydrogen) atoms. The Morgan fingerprint density at radius 1 is 0.973 bits per heavy atom. The summed E-state index contributed by atoms with van der Waals surface area (Å²) in [5.74, 6) is -1.29. The summed E-state index contributed by atoms with van der Waals surface area (Å²) >= 11 is 5.81. The third kappa shape index (κ3) is 8.57. The smallest absolute Gasteiger partial charge is 0.322 e. The Bertz CT molecular complexity index is 1330. The van der Waals surface area contributed by atoms with Gasteiger partial charge in [-0.1, -0.05) is 48.0 Å². The number of likely N-dealkylation sites (N-methyl/N-ethyl adjacent to an activating group) is 1. The van der Waals surface area contributed by atoms with E-state index in [0.717, 1.165) is 17.7 Å². The molecule has 0 bridgehead atoms. The molecule has 196 valence electrons. The summed E-state index contributed by atoms with van der Waals surface area (Å²) in [6.07, 6.45) is -0.0445. The van der Waals surface area contributed by atoms with Crippen LogP contribution in [0.2, 0.25) is 5.02 Å². The molecule has 3 aromatic carbocycles. The average molecular weight is 545 g/mol. The number of carbonyl (C=O) groups is 2. The maximum absolute atomic E-state index is 12.6. The molecule has 9 nitrogen and oxygen atoms in total. The number of aliphatic carboxylic acids is 1. The number of carbonyl (C=O) groups excluding carboxylic acids is 1. The molecular formula is C26H29ClN4O5S. The minimum absolute atomic E-state index is 0.0445. The average Bonchev–Trinajstić information content (AvgIpc) is 2.84. The zero-order chi connectivity index (χ0) is 27.0. The monoisotopic (exact) mass is 544 g/mol. The molecule has 0 saturated carbocycles. The number of anilines is 1. The van der Waals surface area contributed by atoms with Crippen LogP contribution in [-0.2, 0) is 21.2 Å². The third-order valence-corrected chi connectivity index (χ3v) is 7.15. The molecule has 2 amide bonds. The quantitative estimate of drug-likeness (QED) is 0.292. The summed E-state index contributed by atoms with van der Waals surface area (Å²) in [5, 5.41) is 15.6. The zero-order valence-corrected chi connectivity index (χ0v) is 22.0. The summed E-state index contributed by atoms with van der Waals surface area (Å²) in [5.41, 5.74) is 2.99. The van der Waals surface area contributed by atoms with E-state index >= 15 is 0 Å². The Morgan fingerprint density at radius 2 is 1.65 bits per heavy atom. The van der Waals surface area contributed by atoms with Gasteiger partial charge in [-0.3, -0.25) is 4.79 Å². The lowest BCUT2D eigenvalue weighted by Crippen LogP contribution is -2.42. The fraction of sp³-hybridized carbons (Fsp3) is 0.231. The summed E-state index contributed by atoms with van der Waals surface area (Å²) in [7, 11) is -0.196. The molecule has 3 rings (SSSR count). The van der Waals surface area contributed by atoms with Crippen LogP contribution in [0.4, 0.5) is 10.5 Å². The molecule has 0 saturated heterocycles. The first kappa shape index (κ1) is 28.1. The van der Waals surface area contributed by atoms with Crippen molar-refractivity contribution in [2.45, 2.75) is 17.4 Å². The van der Waals surface area contributed by atoms with E-state index in [9.17, 15) is 23.1 Å². The number of rotatable bonds is 11. The van der Waals surface area contributed by atoms with Crippen molar-refractivity contribution in [1.29, 1.82) is 0 Å². The Labute approximate surface area is 221 Å². The summed E-state index contributed by atoms with van der Waals surface area (Å²) in [4.78, 5) is 25.8. The van der Waals surface area contributed by atoms with Crippen LogP contribution in [0.1, 0.15) is 5.56 Å².